The van der Waals surface area contributed by atoms with Gasteiger partial charge >= 0.3 is 12.0 Å². The van der Waals surface area contributed by atoms with Crippen molar-refractivity contribution in [2.24, 2.45) is 0 Å². The van der Waals surface area contributed by atoms with Crippen molar-refractivity contribution in [2.45, 2.75) is 0 Å². The van der Waals surface area contributed by atoms with E-state index in [0.717, 1.165) is 0 Å². The lowest BCUT2D eigenvalue weighted by Crippen LogP contribution is -2.22. The normalized spacial score (nSPS) is 15.8. The Labute approximate surface area is 135 Å². The van der Waals surface area contributed by atoms with Crippen molar-refractivity contribution in [1.82, 2.24) is 10.6 Å². The van der Waals surface area contributed by atoms with Crippen LogP contribution in [0.1, 0.15) is 5.56 Å². The number of urea groups is 1. The first-order chi connectivity index (χ1) is 9.86. The Balaban J connectivity index is 2.27. The van der Waals surface area contributed by atoms with E-state index in [2.05, 4.69) is 42.5 Å². The molecule has 3 N–H and O–H groups in total. The lowest BCUT2D eigenvalue weighted by molar-refractivity contribution is -0.139. The number of imide groups is 1. The molecule has 0 bridgehead atoms. The van der Waals surface area contributed by atoms with E-state index in [1.54, 1.807) is 12.1 Å². The minimum Gasteiger partial charge on any atom is -0.480 e. The number of benzene rings is 1. The molecular formula is C12H8Br2N2O5. The van der Waals surface area contributed by atoms with Crippen molar-refractivity contribution in [3.8, 4) is 5.75 Å². The summed E-state index contributed by atoms with van der Waals surface area (Å²) in [6, 6.07) is 2.69. The quantitative estimate of drug-likeness (QED) is 0.510. The van der Waals surface area contributed by atoms with E-state index in [1.807, 2.05) is 0 Å². The molecule has 3 amide bonds. The Hall–Kier alpha value is -1.87. The lowest BCUT2D eigenvalue weighted by atomic mass is 10.2. The summed E-state index contributed by atoms with van der Waals surface area (Å²) in [5.41, 5.74) is 0.738. The number of halogens is 2. The zero-order chi connectivity index (χ0) is 15.6. The second kappa shape index (κ2) is 6.27. The fourth-order valence-electron chi connectivity index (χ4n) is 1.58. The van der Waals surface area contributed by atoms with E-state index in [-0.39, 0.29) is 5.70 Å². The van der Waals surface area contributed by atoms with Gasteiger partial charge in [-0.25, -0.2) is 9.59 Å². The van der Waals surface area contributed by atoms with Gasteiger partial charge < -0.3 is 15.2 Å². The number of hydrogen-bond acceptors (Lipinski definition) is 4. The van der Waals surface area contributed by atoms with Gasteiger partial charge in [0.2, 0.25) is 0 Å². The molecule has 1 saturated heterocycles. The molecule has 0 spiro atoms. The van der Waals surface area contributed by atoms with Gasteiger partial charge in [0.1, 0.15) is 11.4 Å². The molecule has 9 heteroatoms. The topological polar surface area (TPSA) is 105 Å². The average Bonchev–Trinajstić information content (AvgIpc) is 2.66. The Morgan fingerprint density at radius 1 is 1.24 bits per heavy atom. The maximum absolute atomic E-state index is 11.4. The smallest absolute Gasteiger partial charge is 0.341 e. The van der Waals surface area contributed by atoms with E-state index in [1.165, 1.54) is 6.08 Å². The number of nitrogens with one attached hydrogen (secondary N) is 2. The Bertz CT molecular complexity index is 649. The first-order valence-corrected chi connectivity index (χ1v) is 7.13. The van der Waals surface area contributed by atoms with Gasteiger partial charge in [-0.15, -0.1) is 0 Å². The Morgan fingerprint density at radius 2 is 1.86 bits per heavy atom. The molecule has 0 atom stereocenters. The van der Waals surface area contributed by atoms with Crippen LogP contribution in [0.25, 0.3) is 6.08 Å². The molecule has 7 nitrogen and oxygen atoms in total. The van der Waals surface area contributed by atoms with Crippen molar-refractivity contribution in [2.75, 3.05) is 6.61 Å². The van der Waals surface area contributed by atoms with Crippen LogP contribution in [0.5, 0.6) is 5.75 Å². The molecule has 1 fully saturated rings. The number of carboxylic acid groups (broad SMARTS) is 1. The maximum atomic E-state index is 11.4. The molecular weight excluding hydrogens is 412 g/mol. The van der Waals surface area contributed by atoms with Gasteiger partial charge in [0.25, 0.3) is 5.91 Å². The number of aliphatic carboxylic acids is 1. The van der Waals surface area contributed by atoms with Crippen molar-refractivity contribution in [3.63, 3.8) is 0 Å². The predicted octanol–water partition coefficient (Wildman–Crippen LogP) is 1.86. The van der Waals surface area contributed by atoms with E-state index in [0.29, 0.717) is 20.3 Å². The fourth-order valence-corrected chi connectivity index (χ4v) is 3.03. The summed E-state index contributed by atoms with van der Waals surface area (Å²) >= 11 is 6.52. The second-order valence-corrected chi connectivity index (χ2v) is 5.67. The maximum Gasteiger partial charge on any atom is 0.341 e. The van der Waals surface area contributed by atoms with Crippen LogP contribution >= 0.6 is 31.9 Å². The van der Waals surface area contributed by atoms with Crippen LogP contribution in [0.2, 0.25) is 0 Å². The highest BCUT2D eigenvalue weighted by molar-refractivity contribution is 9.11. The standard InChI is InChI=1S/C12H8Br2N2O5/c13-6-1-5(3-8-11(19)16-12(20)15-8)2-7(14)10(6)21-4-9(17)18/h1-3H,4H2,(H,17,18)(H2,15,16,19,20)/b8-3-. The molecule has 0 saturated carbocycles. The SMILES string of the molecule is O=C(O)COc1c(Br)cc(/C=C2\NC(=O)NC2=O)cc1Br. The third-order valence-electron chi connectivity index (χ3n) is 2.39. The van der Waals surface area contributed by atoms with Crippen molar-refractivity contribution in [1.29, 1.82) is 0 Å². The first-order valence-electron chi connectivity index (χ1n) is 5.54. The van der Waals surface area contributed by atoms with Gasteiger partial charge in [0.15, 0.2) is 6.61 Å². The molecule has 1 aromatic rings. The van der Waals surface area contributed by atoms with Crippen LogP contribution in [0, 0.1) is 0 Å². The summed E-state index contributed by atoms with van der Waals surface area (Å²) in [4.78, 5) is 32.9. The molecule has 2 rings (SSSR count). The van der Waals surface area contributed by atoms with Gasteiger partial charge in [0.05, 0.1) is 8.95 Å². The minimum absolute atomic E-state index is 0.123. The summed E-state index contributed by atoms with van der Waals surface area (Å²) in [5.74, 6) is -1.27. The molecule has 1 aromatic carbocycles. The first kappa shape index (κ1) is 15.5. The number of rotatable bonds is 4. The second-order valence-electron chi connectivity index (χ2n) is 3.96. The largest absolute Gasteiger partial charge is 0.480 e. The van der Waals surface area contributed by atoms with E-state index in [4.69, 9.17) is 9.84 Å². The highest BCUT2D eigenvalue weighted by Gasteiger charge is 2.23. The summed E-state index contributed by atoms with van der Waals surface area (Å²) < 4.78 is 6.15. The van der Waals surface area contributed by atoms with Crippen LogP contribution in [-0.4, -0.2) is 29.6 Å². The van der Waals surface area contributed by atoms with Gasteiger partial charge in [-0.1, -0.05) is 0 Å². The highest BCUT2D eigenvalue weighted by atomic mass is 79.9. The third-order valence-corrected chi connectivity index (χ3v) is 3.57. The molecule has 110 valence electrons. The zero-order valence-electron chi connectivity index (χ0n) is 10.3. The van der Waals surface area contributed by atoms with Crippen LogP contribution < -0.4 is 15.4 Å². The Morgan fingerprint density at radius 3 is 2.33 bits per heavy atom. The lowest BCUT2D eigenvalue weighted by Gasteiger charge is -2.09. The monoisotopic (exact) mass is 418 g/mol. The minimum atomic E-state index is -1.09. The summed E-state index contributed by atoms with van der Waals surface area (Å²) in [6.45, 7) is -0.476. The number of carboxylic acids is 1. The number of amides is 3. The van der Waals surface area contributed by atoms with Gasteiger partial charge in [-0.05, 0) is 55.6 Å². The number of ether oxygens (including phenoxy) is 1. The molecule has 0 radical (unpaired) electrons. The Kier molecular flexibility index (Phi) is 4.63. The summed E-state index contributed by atoms with van der Waals surface area (Å²) in [5, 5.41) is 13.1. The number of hydrogen-bond donors (Lipinski definition) is 3. The van der Waals surface area contributed by atoms with Gasteiger partial charge in [0, 0.05) is 0 Å². The third kappa shape index (κ3) is 3.82. The fraction of sp³-hybridized carbons (Fsp3) is 0.0833. The van der Waals surface area contributed by atoms with Crippen LogP contribution in [-0.2, 0) is 9.59 Å². The van der Waals surface area contributed by atoms with Crippen molar-refractivity contribution < 1.29 is 24.2 Å². The molecule has 0 aliphatic carbocycles. The molecule has 21 heavy (non-hydrogen) atoms. The number of carbonyl (C=O) groups excluding carboxylic acids is 2. The van der Waals surface area contributed by atoms with Crippen molar-refractivity contribution >= 4 is 55.8 Å². The van der Waals surface area contributed by atoms with E-state index in [9.17, 15) is 14.4 Å². The zero-order valence-corrected chi connectivity index (χ0v) is 13.4. The highest BCUT2D eigenvalue weighted by Crippen LogP contribution is 2.35. The summed E-state index contributed by atoms with van der Waals surface area (Å²) in [7, 11) is 0. The summed E-state index contributed by atoms with van der Waals surface area (Å²) in [6.07, 6.45) is 1.48. The van der Waals surface area contributed by atoms with Gasteiger partial charge in [-0.2, -0.15) is 0 Å². The molecule has 0 unspecified atom stereocenters. The molecule has 0 aromatic heterocycles. The number of carbonyl (C=O) groups is 3. The molecule has 1 aliphatic rings. The van der Waals surface area contributed by atoms with E-state index < -0.39 is 24.5 Å². The van der Waals surface area contributed by atoms with Crippen LogP contribution in [0.15, 0.2) is 26.8 Å². The van der Waals surface area contributed by atoms with Crippen LogP contribution in [0.3, 0.4) is 0 Å². The van der Waals surface area contributed by atoms with E-state index >= 15 is 0 Å². The predicted molar refractivity (Wildman–Crippen MR) is 79.6 cm³/mol. The molecule has 1 aliphatic heterocycles. The van der Waals surface area contributed by atoms with Crippen molar-refractivity contribution in [3.05, 3.63) is 32.3 Å². The average molecular weight is 420 g/mol. The van der Waals surface area contributed by atoms with Gasteiger partial charge in [-0.3, -0.25) is 10.1 Å². The van der Waals surface area contributed by atoms with Crippen LogP contribution in [0.4, 0.5) is 4.79 Å². The molecule has 1 heterocycles.